The molecule has 11 heteroatoms. The van der Waals surface area contributed by atoms with Gasteiger partial charge in [-0.3, -0.25) is 9.59 Å². The van der Waals surface area contributed by atoms with Crippen LogP contribution < -0.4 is 10.6 Å². The molecule has 2 N–H and O–H groups in total. The Bertz CT molecular complexity index is 1200. The van der Waals surface area contributed by atoms with Gasteiger partial charge in [-0.25, -0.2) is 0 Å². The first-order valence-electron chi connectivity index (χ1n) is 10.6. The summed E-state index contributed by atoms with van der Waals surface area (Å²) in [5, 5.41) is 15.5. The molecule has 0 saturated heterocycles. The van der Waals surface area contributed by atoms with Crippen molar-refractivity contribution in [3.05, 3.63) is 67.9 Å². The second kappa shape index (κ2) is 12.1. The highest BCUT2D eigenvalue weighted by atomic mass is 79.9. The molecule has 0 aliphatic heterocycles. The summed E-state index contributed by atoms with van der Waals surface area (Å²) < 4.78 is 2.83. The van der Waals surface area contributed by atoms with Gasteiger partial charge in [-0.05, 0) is 54.8 Å². The summed E-state index contributed by atoms with van der Waals surface area (Å²) in [5.74, 6) is 0.560. The molecule has 1 aromatic heterocycles. The molecule has 0 bridgehead atoms. The highest BCUT2D eigenvalue weighted by molar-refractivity contribution is 9.10. The predicted molar refractivity (Wildman–Crippen MR) is 141 cm³/mol. The minimum absolute atomic E-state index is 0.132. The van der Waals surface area contributed by atoms with Crippen molar-refractivity contribution in [2.45, 2.75) is 44.9 Å². The highest BCUT2D eigenvalue weighted by Crippen LogP contribution is 2.28. The Balaban J connectivity index is 1.61. The minimum atomic E-state index is -0.337. The SMILES string of the molecule is CCn1c(CNC(=O)c2ccc(Cl)cc2Cl)nnc1SCC(=O)Nc1ccc(Br)cc1C(C)C. The molecule has 0 saturated carbocycles. The Morgan fingerprint density at radius 2 is 1.91 bits per heavy atom. The van der Waals surface area contributed by atoms with Crippen LogP contribution in [0.2, 0.25) is 10.0 Å². The van der Waals surface area contributed by atoms with Gasteiger partial charge in [-0.15, -0.1) is 10.2 Å². The molecule has 0 aliphatic carbocycles. The number of nitrogens with one attached hydrogen (secondary N) is 2. The molecule has 0 atom stereocenters. The zero-order valence-corrected chi connectivity index (χ0v) is 22.8. The molecular weight excluding hydrogens is 561 g/mol. The molecule has 0 unspecified atom stereocenters. The molecule has 3 aromatic rings. The average molecular weight is 585 g/mol. The van der Waals surface area contributed by atoms with E-state index in [4.69, 9.17) is 23.2 Å². The lowest BCUT2D eigenvalue weighted by atomic mass is 10.0. The van der Waals surface area contributed by atoms with Gasteiger partial charge < -0.3 is 15.2 Å². The summed E-state index contributed by atoms with van der Waals surface area (Å²) in [4.78, 5) is 25.1. The Labute approximate surface area is 221 Å². The van der Waals surface area contributed by atoms with Crippen molar-refractivity contribution >= 4 is 68.4 Å². The van der Waals surface area contributed by atoms with E-state index < -0.39 is 0 Å². The number of nitrogens with zero attached hydrogens (tertiary/aromatic N) is 3. The fourth-order valence-corrected chi connectivity index (χ4v) is 4.94. The molecule has 0 radical (unpaired) electrons. The third kappa shape index (κ3) is 6.75. The maximum atomic E-state index is 12.6. The number of benzene rings is 2. The molecule has 3 rings (SSSR count). The fraction of sp³-hybridized carbons (Fsp3) is 0.304. The number of carbonyl (C=O) groups is 2. The fourth-order valence-electron chi connectivity index (χ4n) is 3.24. The van der Waals surface area contributed by atoms with Gasteiger partial charge in [-0.2, -0.15) is 0 Å². The molecule has 180 valence electrons. The average Bonchev–Trinajstić information content (AvgIpc) is 3.18. The Morgan fingerprint density at radius 1 is 1.15 bits per heavy atom. The number of amides is 2. The van der Waals surface area contributed by atoms with E-state index in [9.17, 15) is 9.59 Å². The lowest BCUT2D eigenvalue weighted by Crippen LogP contribution is -2.25. The van der Waals surface area contributed by atoms with Crippen LogP contribution in [0.5, 0.6) is 0 Å². The van der Waals surface area contributed by atoms with Crippen molar-refractivity contribution in [1.29, 1.82) is 0 Å². The Hall–Kier alpha value is -2.07. The van der Waals surface area contributed by atoms with Gasteiger partial charge in [0, 0.05) is 21.7 Å². The van der Waals surface area contributed by atoms with Gasteiger partial charge in [0.05, 0.1) is 22.9 Å². The van der Waals surface area contributed by atoms with Crippen LogP contribution in [0.4, 0.5) is 5.69 Å². The van der Waals surface area contributed by atoms with E-state index in [1.54, 1.807) is 12.1 Å². The number of aromatic nitrogens is 3. The van der Waals surface area contributed by atoms with Gasteiger partial charge in [-0.1, -0.05) is 64.7 Å². The van der Waals surface area contributed by atoms with Crippen molar-refractivity contribution in [2.75, 3.05) is 11.1 Å². The zero-order chi connectivity index (χ0) is 24.8. The van der Waals surface area contributed by atoms with Crippen LogP contribution in [0.3, 0.4) is 0 Å². The van der Waals surface area contributed by atoms with Gasteiger partial charge in [0.25, 0.3) is 5.91 Å². The van der Waals surface area contributed by atoms with Gasteiger partial charge in [0.1, 0.15) is 0 Å². The van der Waals surface area contributed by atoms with Crippen LogP contribution in [0.15, 0.2) is 46.0 Å². The van der Waals surface area contributed by atoms with E-state index in [-0.39, 0.29) is 35.1 Å². The van der Waals surface area contributed by atoms with Crippen LogP contribution in [-0.2, 0) is 17.9 Å². The number of hydrogen-bond donors (Lipinski definition) is 2. The molecule has 0 fully saturated rings. The molecule has 7 nitrogen and oxygen atoms in total. The second-order valence-electron chi connectivity index (χ2n) is 7.67. The summed E-state index contributed by atoms with van der Waals surface area (Å²) in [7, 11) is 0. The molecule has 34 heavy (non-hydrogen) atoms. The monoisotopic (exact) mass is 583 g/mol. The number of anilines is 1. The standard InChI is InChI=1S/C23H24BrCl2N5O2S/c1-4-31-20(11-27-22(33)16-7-6-15(25)10-18(16)26)29-30-23(31)34-12-21(32)28-19-8-5-14(24)9-17(19)13(2)3/h5-10,13H,4,11-12H2,1-3H3,(H,27,33)(H,28,32). The van der Waals surface area contributed by atoms with Crippen LogP contribution in [0.25, 0.3) is 0 Å². The highest BCUT2D eigenvalue weighted by Gasteiger charge is 2.17. The first-order chi connectivity index (χ1) is 16.2. The number of rotatable bonds is 9. The van der Waals surface area contributed by atoms with Crippen molar-refractivity contribution in [2.24, 2.45) is 0 Å². The predicted octanol–water partition coefficient (Wildman–Crippen LogP) is 6.15. The van der Waals surface area contributed by atoms with E-state index >= 15 is 0 Å². The first-order valence-corrected chi connectivity index (χ1v) is 13.1. The van der Waals surface area contributed by atoms with Crippen molar-refractivity contribution < 1.29 is 9.59 Å². The third-order valence-corrected chi connectivity index (χ3v) is 6.94. The lowest BCUT2D eigenvalue weighted by Gasteiger charge is -2.14. The van der Waals surface area contributed by atoms with E-state index in [0.717, 1.165) is 15.7 Å². The van der Waals surface area contributed by atoms with Crippen LogP contribution in [0.1, 0.15) is 48.4 Å². The Kier molecular flexibility index (Phi) is 9.41. The summed E-state index contributed by atoms with van der Waals surface area (Å²) in [6.45, 7) is 6.87. The van der Waals surface area contributed by atoms with E-state index in [1.807, 2.05) is 29.7 Å². The molecule has 2 amide bonds. The smallest absolute Gasteiger partial charge is 0.253 e. The maximum Gasteiger partial charge on any atom is 0.253 e. The normalized spacial score (nSPS) is 11.0. The molecule has 0 aliphatic rings. The van der Waals surface area contributed by atoms with Crippen LogP contribution in [0, 0.1) is 0 Å². The Morgan fingerprint density at radius 3 is 2.59 bits per heavy atom. The first kappa shape index (κ1) is 26.5. The summed E-state index contributed by atoms with van der Waals surface area (Å²) in [6.07, 6.45) is 0. The van der Waals surface area contributed by atoms with E-state index in [2.05, 4.69) is 50.6 Å². The molecular formula is C23H24BrCl2N5O2S. The van der Waals surface area contributed by atoms with Crippen LogP contribution >= 0.6 is 50.9 Å². The molecule has 2 aromatic carbocycles. The number of carbonyl (C=O) groups excluding carboxylic acids is 2. The van der Waals surface area contributed by atoms with Crippen molar-refractivity contribution in [3.8, 4) is 0 Å². The number of hydrogen-bond acceptors (Lipinski definition) is 5. The summed E-state index contributed by atoms with van der Waals surface area (Å²) in [6, 6.07) is 10.5. The van der Waals surface area contributed by atoms with E-state index in [1.165, 1.54) is 17.8 Å². The number of thioether (sulfide) groups is 1. The minimum Gasteiger partial charge on any atom is -0.345 e. The van der Waals surface area contributed by atoms with Gasteiger partial charge >= 0.3 is 0 Å². The second-order valence-corrected chi connectivity index (χ2v) is 10.4. The quantitative estimate of drug-likeness (QED) is 0.294. The molecule has 1 heterocycles. The van der Waals surface area contributed by atoms with Crippen molar-refractivity contribution in [3.63, 3.8) is 0 Å². The maximum absolute atomic E-state index is 12.6. The molecule has 0 spiro atoms. The largest absolute Gasteiger partial charge is 0.345 e. The summed E-state index contributed by atoms with van der Waals surface area (Å²) >= 11 is 16.8. The van der Waals surface area contributed by atoms with Gasteiger partial charge in [0.2, 0.25) is 5.91 Å². The van der Waals surface area contributed by atoms with Crippen molar-refractivity contribution in [1.82, 2.24) is 20.1 Å². The summed E-state index contributed by atoms with van der Waals surface area (Å²) in [5.41, 5.74) is 2.18. The van der Waals surface area contributed by atoms with Crippen LogP contribution in [-0.4, -0.2) is 32.3 Å². The zero-order valence-electron chi connectivity index (χ0n) is 18.9. The van der Waals surface area contributed by atoms with Gasteiger partial charge in [0.15, 0.2) is 11.0 Å². The third-order valence-electron chi connectivity index (χ3n) is 4.93. The van der Waals surface area contributed by atoms with E-state index in [0.29, 0.717) is 28.1 Å². The number of halogens is 3. The lowest BCUT2D eigenvalue weighted by molar-refractivity contribution is -0.113. The topological polar surface area (TPSA) is 88.9 Å².